The molecule has 0 unspecified atom stereocenters. The van der Waals surface area contributed by atoms with Gasteiger partial charge in [-0.2, -0.15) is 5.10 Å². The third kappa shape index (κ3) is 3.95. The summed E-state index contributed by atoms with van der Waals surface area (Å²) >= 11 is 0. The Kier molecular flexibility index (Phi) is 5.09. The van der Waals surface area contributed by atoms with Gasteiger partial charge in [-0.3, -0.25) is 15.2 Å². The summed E-state index contributed by atoms with van der Waals surface area (Å²) in [6.07, 6.45) is 1.75. The van der Waals surface area contributed by atoms with Gasteiger partial charge in [-0.05, 0) is 49.4 Å². The second-order valence-corrected chi connectivity index (χ2v) is 6.79. The van der Waals surface area contributed by atoms with E-state index in [4.69, 9.17) is 11.1 Å². The van der Waals surface area contributed by atoms with Crippen molar-refractivity contribution in [2.45, 2.75) is 6.92 Å². The molecule has 7 nitrogen and oxygen atoms in total. The molecule has 148 valence electrons. The first-order valence-corrected chi connectivity index (χ1v) is 9.35. The normalized spacial score (nSPS) is 10.6. The van der Waals surface area contributed by atoms with E-state index in [2.05, 4.69) is 15.4 Å². The highest BCUT2D eigenvalue weighted by atomic mass is 16.2. The van der Waals surface area contributed by atoms with E-state index in [0.717, 1.165) is 11.3 Å². The van der Waals surface area contributed by atoms with E-state index < -0.39 is 0 Å². The number of amides is 1. The quantitative estimate of drug-likeness (QED) is 0.352. The van der Waals surface area contributed by atoms with Gasteiger partial charge in [0.15, 0.2) is 0 Å². The smallest absolute Gasteiger partial charge is 0.274 e. The minimum atomic E-state index is -0.283. The maximum atomic E-state index is 12.9. The van der Waals surface area contributed by atoms with Crippen molar-refractivity contribution in [1.29, 1.82) is 5.41 Å². The van der Waals surface area contributed by atoms with Gasteiger partial charge < -0.3 is 11.1 Å². The summed E-state index contributed by atoms with van der Waals surface area (Å²) in [5, 5.41) is 15.0. The van der Waals surface area contributed by atoms with Crippen LogP contribution in [0.1, 0.15) is 21.7 Å². The summed E-state index contributed by atoms with van der Waals surface area (Å²) in [5.74, 6) is -0.325. The van der Waals surface area contributed by atoms with Crippen molar-refractivity contribution >= 4 is 17.4 Å². The molecule has 0 atom stereocenters. The Morgan fingerprint density at radius 2 is 1.83 bits per heavy atom. The SMILES string of the molecule is Cc1cc(C(=O)Nc2ccc(-c3ccccn3)cc2)n(-c2cccc(C(=N)N)c2)n1. The van der Waals surface area contributed by atoms with Crippen LogP contribution >= 0.6 is 0 Å². The molecule has 0 aliphatic heterocycles. The van der Waals surface area contributed by atoms with Crippen LogP contribution in [0.3, 0.4) is 0 Å². The van der Waals surface area contributed by atoms with Crippen LogP contribution in [0.15, 0.2) is 79.0 Å². The van der Waals surface area contributed by atoms with Gasteiger partial charge >= 0.3 is 0 Å². The average Bonchev–Trinajstić information content (AvgIpc) is 3.17. The molecule has 4 rings (SSSR count). The Morgan fingerprint density at radius 3 is 2.53 bits per heavy atom. The summed E-state index contributed by atoms with van der Waals surface area (Å²) in [7, 11) is 0. The lowest BCUT2D eigenvalue weighted by Crippen LogP contribution is -2.17. The first-order chi connectivity index (χ1) is 14.5. The molecular weight excluding hydrogens is 376 g/mol. The lowest BCUT2D eigenvalue weighted by molar-refractivity contribution is 0.101. The van der Waals surface area contributed by atoms with Gasteiger partial charge in [0.1, 0.15) is 11.5 Å². The third-order valence-corrected chi connectivity index (χ3v) is 4.57. The molecular formula is C23H20N6O. The number of aryl methyl sites for hydroxylation is 1. The minimum absolute atomic E-state index is 0.0419. The van der Waals surface area contributed by atoms with Crippen molar-refractivity contribution in [3.05, 3.63) is 95.9 Å². The zero-order chi connectivity index (χ0) is 21.1. The first kappa shape index (κ1) is 19.1. The molecule has 0 fully saturated rings. The molecule has 0 saturated heterocycles. The predicted molar refractivity (Wildman–Crippen MR) is 117 cm³/mol. The van der Waals surface area contributed by atoms with Crippen molar-refractivity contribution < 1.29 is 4.79 Å². The number of nitrogens with one attached hydrogen (secondary N) is 2. The fraction of sp³-hybridized carbons (Fsp3) is 0.0435. The van der Waals surface area contributed by atoms with Crippen molar-refractivity contribution in [2.75, 3.05) is 5.32 Å². The van der Waals surface area contributed by atoms with Crippen molar-refractivity contribution in [2.24, 2.45) is 5.73 Å². The van der Waals surface area contributed by atoms with Crippen LogP contribution in [0.2, 0.25) is 0 Å². The van der Waals surface area contributed by atoms with Crippen LogP contribution in [-0.4, -0.2) is 26.5 Å². The monoisotopic (exact) mass is 396 g/mol. The maximum absolute atomic E-state index is 12.9. The number of benzene rings is 2. The number of nitrogens with zero attached hydrogens (tertiary/aromatic N) is 3. The van der Waals surface area contributed by atoms with Gasteiger partial charge in [-0.1, -0.05) is 30.3 Å². The van der Waals surface area contributed by atoms with E-state index in [1.165, 1.54) is 0 Å². The third-order valence-electron chi connectivity index (χ3n) is 4.57. The van der Waals surface area contributed by atoms with Gasteiger partial charge in [0, 0.05) is 23.0 Å². The summed E-state index contributed by atoms with van der Waals surface area (Å²) in [6, 6.07) is 22.0. The van der Waals surface area contributed by atoms with E-state index >= 15 is 0 Å². The molecule has 1 amide bonds. The Bertz CT molecular complexity index is 1210. The van der Waals surface area contributed by atoms with Crippen molar-refractivity contribution in [3.63, 3.8) is 0 Å². The number of carbonyl (C=O) groups excluding carboxylic acids is 1. The summed E-state index contributed by atoms with van der Waals surface area (Å²) in [6.45, 7) is 1.82. The average molecular weight is 396 g/mol. The lowest BCUT2D eigenvalue weighted by Gasteiger charge is -2.10. The van der Waals surface area contributed by atoms with Gasteiger partial charge in [0.05, 0.1) is 17.1 Å². The number of aromatic nitrogens is 3. The van der Waals surface area contributed by atoms with Crippen molar-refractivity contribution in [1.82, 2.24) is 14.8 Å². The Balaban J connectivity index is 1.59. The van der Waals surface area contributed by atoms with Crippen LogP contribution in [0.4, 0.5) is 5.69 Å². The second-order valence-electron chi connectivity index (χ2n) is 6.79. The summed E-state index contributed by atoms with van der Waals surface area (Å²) < 4.78 is 1.55. The molecule has 0 radical (unpaired) electrons. The molecule has 4 aromatic rings. The van der Waals surface area contributed by atoms with E-state index in [-0.39, 0.29) is 11.7 Å². The Labute approximate surface area is 173 Å². The van der Waals surface area contributed by atoms with E-state index in [0.29, 0.717) is 28.3 Å². The summed E-state index contributed by atoms with van der Waals surface area (Å²) in [5.41, 5.74) is 10.4. The van der Waals surface area contributed by atoms with Gasteiger partial charge in [-0.15, -0.1) is 0 Å². The van der Waals surface area contributed by atoms with Crippen LogP contribution in [-0.2, 0) is 0 Å². The van der Waals surface area contributed by atoms with Crippen LogP contribution in [0, 0.1) is 12.3 Å². The largest absolute Gasteiger partial charge is 0.384 e. The topological polar surface area (TPSA) is 110 Å². The number of anilines is 1. The molecule has 0 bridgehead atoms. The van der Waals surface area contributed by atoms with Gasteiger partial charge in [0.25, 0.3) is 5.91 Å². The molecule has 2 aromatic heterocycles. The molecule has 0 aliphatic rings. The summed E-state index contributed by atoms with van der Waals surface area (Å²) in [4.78, 5) is 17.3. The first-order valence-electron chi connectivity index (χ1n) is 9.35. The lowest BCUT2D eigenvalue weighted by atomic mass is 10.1. The number of nitrogens with two attached hydrogens (primary N) is 1. The molecule has 0 aliphatic carbocycles. The van der Waals surface area contributed by atoms with Gasteiger partial charge in [-0.25, -0.2) is 4.68 Å². The highest BCUT2D eigenvalue weighted by molar-refractivity contribution is 6.03. The predicted octanol–water partition coefficient (Wildman–Crippen LogP) is 3.78. The number of hydrogen-bond donors (Lipinski definition) is 3. The molecule has 30 heavy (non-hydrogen) atoms. The highest BCUT2D eigenvalue weighted by Crippen LogP contribution is 2.20. The molecule has 4 N–H and O–H groups in total. The van der Waals surface area contributed by atoms with E-state index in [1.54, 1.807) is 35.1 Å². The molecule has 7 heteroatoms. The Hall–Kier alpha value is -4.26. The number of hydrogen-bond acceptors (Lipinski definition) is 4. The minimum Gasteiger partial charge on any atom is -0.384 e. The zero-order valence-corrected chi connectivity index (χ0v) is 16.3. The molecule has 2 aromatic carbocycles. The molecule has 0 saturated carbocycles. The van der Waals surface area contributed by atoms with Gasteiger partial charge in [0.2, 0.25) is 0 Å². The standard InChI is InChI=1S/C23H20N6O/c1-15-13-21(29(28-15)19-6-4-5-17(14-19)22(24)25)23(30)27-18-10-8-16(9-11-18)20-7-2-3-12-26-20/h2-14H,1H3,(H3,24,25)(H,27,30). The van der Waals surface area contributed by atoms with Crippen LogP contribution in [0.5, 0.6) is 0 Å². The van der Waals surface area contributed by atoms with Crippen LogP contribution in [0.25, 0.3) is 16.9 Å². The fourth-order valence-electron chi connectivity index (χ4n) is 3.12. The zero-order valence-electron chi connectivity index (χ0n) is 16.3. The number of nitrogen functional groups attached to an aromatic ring is 1. The number of rotatable bonds is 5. The second kappa shape index (κ2) is 8.00. The fourth-order valence-corrected chi connectivity index (χ4v) is 3.12. The molecule has 2 heterocycles. The van der Waals surface area contributed by atoms with Crippen LogP contribution < -0.4 is 11.1 Å². The Morgan fingerprint density at radius 1 is 1.03 bits per heavy atom. The maximum Gasteiger partial charge on any atom is 0.274 e. The highest BCUT2D eigenvalue weighted by Gasteiger charge is 2.16. The number of carbonyl (C=O) groups is 1. The number of pyridine rings is 1. The van der Waals surface area contributed by atoms with Crippen molar-refractivity contribution in [3.8, 4) is 16.9 Å². The number of amidine groups is 1. The molecule has 0 spiro atoms. The van der Waals surface area contributed by atoms with E-state index in [9.17, 15) is 4.79 Å². The van der Waals surface area contributed by atoms with E-state index in [1.807, 2.05) is 55.5 Å².